The van der Waals surface area contributed by atoms with Gasteiger partial charge in [0.15, 0.2) is 0 Å². The number of hydrogen-bond donors (Lipinski definition) is 2. The van der Waals surface area contributed by atoms with Crippen molar-refractivity contribution in [2.75, 3.05) is 5.32 Å². The van der Waals surface area contributed by atoms with E-state index in [2.05, 4.69) is 5.32 Å². The molecule has 0 fully saturated rings. The molecular weight excluding hydrogens is 224 g/mol. The van der Waals surface area contributed by atoms with Gasteiger partial charge in [-0.1, -0.05) is 12.1 Å². The predicted octanol–water partition coefficient (Wildman–Crippen LogP) is 2.32. The van der Waals surface area contributed by atoms with E-state index in [0.717, 1.165) is 16.8 Å². The van der Waals surface area contributed by atoms with Crippen molar-refractivity contribution in [3.63, 3.8) is 0 Å². The van der Waals surface area contributed by atoms with E-state index in [0.29, 0.717) is 0 Å². The molecule has 0 spiro atoms. The molecule has 0 aliphatic carbocycles. The molecule has 1 rings (SSSR count). The molecule has 3 N–H and O–H groups in total. The molecule has 1 aromatic rings. The molecule has 0 aliphatic rings. The zero-order chi connectivity index (χ0) is 11.6. The maximum Gasteiger partial charge on any atom is 0.241 e. The number of nitrogens with one attached hydrogen (secondary N) is 1. The third-order valence-corrected chi connectivity index (χ3v) is 2.61. The molecule has 1 aromatic carbocycles. The summed E-state index contributed by atoms with van der Waals surface area (Å²) in [6, 6.07) is 3.56. The largest absolute Gasteiger partial charge is 0.324 e. The monoisotopic (exact) mass is 242 g/mol. The fourth-order valence-corrected chi connectivity index (χ4v) is 1.38. The standard InChI is InChI=1S/C12H18N2O.ClH/c1-7-5-6-8(2)11(9(7)3)14-12(15)10(4)13;/h5-6,10H,13H2,1-4H3,(H,14,15);1H. The molecule has 16 heavy (non-hydrogen) atoms. The molecule has 1 unspecified atom stereocenters. The Morgan fingerprint density at radius 2 is 1.75 bits per heavy atom. The van der Waals surface area contributed by atoms with Crippen molar-refractivity contribution in [2.45, 2.75) is 33.7 Å². The second-order valence-electron chi connectivity index (χ2n) is 3.98. The molecule has 0 saturated heterocycles. The molecular formula is C12H19ClN2O. The van der Waals surface area contributed by atoms with Crippen molar-refractivity contribution in [1.29, 1.82) is 0 Å². The predicted molar refractivity (Wildman–Crippen MR) is 70.2 cm³/mol. The minimum absolute atomic E-state index is 0. The Kier molecular flexibility index (Phi) is 5.48. The van der Waals surface area contributed by atoms with Crippen LogP contribution in [0.25, 0.3) is 0 Å². The van der Waals surface area contributed by atoms with Gasteiger partial charge in [0.25, 0.3) is 0 Å². The Balaban J connectivity index is 0.00000225. The van der Waals surface area contributed by atoms with Crippen LogP contribution in [0.3, 0.4) is 0 Å². The third-order valence-electron chi connectivity index (χ3n) is 2.61. The molecule has 0 heterocycles. The van der Waals surface area contributed by atoms with Crippen LogP contribution in [0.4, 0.5) is 5.69 Å². The maximum absolute atomic E-state index is 11.5. The quantitative estimate of drug-likeness (QED) is 0.836. The van der Waals surface area contributed by atoms with Crippen LogP contribution in [0, 0.1) is 20.8 Å². The molecule has 1 atom stereocenters. The summed E-state index contributed by atoms with van der Waals surface area (Å²) < 4.78 is 0. The van der Waals surface area contributed by atoms with Gasteiger partial charge in [0.2, 0.25) is 5.91 Å². The van der Waals surface area contributed by atoms with Crippen LogP contribution in [-0.2, 0) is 4.79 Å². The summed E-state index contributed by atoms with van der Waals surface area (Å²) in [5.41, 5.74) is 9.73. The van der Waals surface area contributed by atoms with Crippen LogP contribution in [0.2, 0.25) is 0 Å². The summed E-state index contributed by atoms with van der Waals surface area (Å²) in [4.78, 5) is 11.5. The maximum atomic E-state index is 11.5. The summed E-state index contributed by atoms with van der Waals surface area (Å²) in [7, 11) is 0. The summed E-state index contributed by atoms with van der Waals surface area (Å²) in [5, 5.41) is 2.85. The Morgan fingerprint density at radius 1 is 1.25 bits per heavy atom. The SMILES string of the molecule is Cc1ccc(C)c(NC(=O)C(C)N)c1C.Cl. The highest BCUT2D eigenvalue weighted by molar-refractivity contribution is 5.95. The number of aryl methyl sites for hydroxylation is 2. The lowest BCUT2D eigenvalue weighted by atomic mass is 10.0. The van der Waals surface area contributed by atoms with Crippen molar-refractivity contribution in [1.82, 2.24) is 0 Å². The van der Waals surface area contributed by atoms with Gasteiger partial charge in [0.05, 0.1) is 6.04 Å². The highest BCUT2D eigenvalue weighted by atomic mass is 35.5. The lowest BCUT2D eigenvalue weighted by Crippen LogP contribution is -2.33. The Labute approximate surface area is 103 Å². The van der Waals surface area contributed by atoms with E-state index in [1.807, 2.05) is 32.9 Å². The van der Waals surface area contributed by atoms with Gasteiger partial charge in [0, 0.05) is 5.69 Å². The van der Waals surface area contributed by atoms with E-state index in [9.17, 15) is 4.79 Å². The first-order valence-electron chi connectivity index (χ1n) is 5.06. The van der Waals surface area contributed by atoms with Crippen molar-refractivity contribution >= 4 is 24.0 Å². The van der Waals surface area contributed by atoms with E-state index >= 15 is 0 Å². The molecule has 4 heteroatoms. The van der Waals surface area contributed by atoms with E-state index in [1.165, 1.54) is 5.56 Å². The molecule has 0 aliphatic heterocycles. The van der Waals surface area contributed by atoms with E-state index in [-0.39, 0.29) is 18.3 Å². The number of carbonyl (C=O) groups is 1. The van der Waals surface area contributed by atoms with Gasteiger partial charge in [-0.25, -0.2) is 0 Å². The fraction of sp³-hybridized carbons (Fsp3) is 0.417. The lowest BCUT2D eigenvalue weighted by molar-refractivity contribution is -0.117. The van der Waals surface area contributed by atoms with Gasteiger partial charge in [-0.05, 0) is 44.4 Å². The molecule has 90 valence electrons. The molecule has 0 bridgehead atoms. The normalized spacial score (nSPS) is 11.6. The van der Waals surface area contributed by atoms with Crippen LogP contribution in [0.5, 0.6) is 0 Å². The Morgan fingerprint density at radius 3 is 2.25 bits per heavy atom. The minimum Gasteiger partial charge on any atom is -0.324 e. The number of nitrogens with two attached hydrogens (primary N) is 1. The van der Waals surface area contributed by atoms with Gasteiger partial charge in [0.1, 0.15) is 0 Å². The van der Waals surface area contributed by atoms with Gasteiger partial charge in [-0.2, -0.15) is 0 Å². The van der Waals surface area contributed by atoms with Gasteiger partial charge in [-0.3, -0.25) is 4.79 Å². The average Bonchev–Trinajstić information content (AvgIpc) is 2.18. The molecule has 0 radical (unpaired) electrons. The van der Waals surface area contributed by atoms with Crippen molar-refractivity contribution in [3.05, 3.63) is 28.8 Å². The summed E-state index contributed by atoms with van der Waals surface area (Å²) in [6.07, 6.45) is 0. The third kappa shape index (κ3) is 3.22. The highest BCUT2D eigenvalue weighted by Crippen LogP contribution is 2.22. The van der Waals surface area contributed by atoms with Crippen LogP contribution in [0.15, 0.2) is 12.1 Å². The summed E-state index contributed by atoms with van der Waals surface area (Å²) >= 11 is 0. The molecule has 1 amide bonds. The van der Waals surface area contributed by atoms with Crippen LogP contribution < -0.4 is 11.1 Å². The van der Waals surface area contributed by atoms with Crippen LogP contribution in [-0.4, -0.2) is 11.9 Å². The van der Waals surface area contributed by atoms with Crippen LogP contribution >= 0.6 is 12.4 Å². The zero-order valence-electron chi connectivity index (χ0n) is 10.1. The summed E-state index contributed by atoms with van der Waals surface area (Å²) in [5.74, 6) is -0.146. The van der Waals surface area contributed by atoms with Gasteiger partial charge < -0.3 is 11.1 Å². The van der Waals surface area contributed by atoms with Gasteiger partial charge >= 0.3 is 0 Å². The van der Waals surface area contributed by atoms with Crippen LogP contribution in [0.1, 0.15) is 23.6 Å². The highest BCUT2D eigenvalue weighted by Gasteiger charge is 2.11. The number of benzene rings is 1. The smallest absolute Gasteiger partial charge is 0.241 e. The lowest BCUT2D eigenvalue weighted by Gasteiger charge is -2.14. The minimum atomic E-state index is -0.482. The fourth-order valence-electron chi connectivity index (χ4n) is 1.38. The second-order valence-corrected chi connectivity index (χ2v) is 3.98. The molecule has 0 aromatic heterocycles. The Hall–Kier alpha value is -1.06. The first-order valence-corrected chi connectivity index (χ1v) is 5.06. The van der Waals surface area contributed by atoms with Crippen molar-refractivity contribution in [3.8, 4) is 0 Å². The first-order chi connectivity index (χ1) is 6.93. The number of halogens is 1. The topological polar surface area (TPSA) is 55.1 Å². The van der Waals surface area contributed by atoms with Crippen molar-refractivity contribution in [2.24, 2.45) is 5.73 Å². The van der Waals surface area contributed by atoms with E-state index in [4.69, 9.17) is 5.73 Å². The average molecular weight is 243 g/mol. The molecule has 0 saturated carbocycles. The van der Waals surface area contributed by atoms with E-state index < -0.39 is 6.04 Å². The van der Waals surface area contributed by atoms with Crippen molar-refractivity contribution < 1.29 is 4.79 Å². The zero-order valence-corrected chi connectivity index (χ0v) is 10.9. The number of rotatable bonds is 2. The number of carbonyl (C=O) groups excluding carboxylic acids is 1. The number of anilines is 1. The van der Waals surface area contributed by atoms with Gasteiger partial charge in [-0.15, -0.1) is 12.4 Å². The Bertz CT molecular complexity index is 389. The molecule has 3 nitrogen and oxygen atoms in total. The summed E-state index contributed by atoms with van der Waals surface area (Å²) in [6.45, 7) is 7.68. The second kappa shape index (κ2) is 5.87. The first kappa shape index (κ1) is 14.9. The number of amides is 1. The van der Waals surface area contributed by atoms with E-state index in [1.54, 1.807) is 6.92 Å². The number of hydrogen-bond acceptors (Lipinski definition) is 2.